The third kappa shape index (κ3) is 4.37. The van der Waals surface area contributed by atoms with E-state index in [1.807, 2.05) is 20.8 Å². The maximum Gasteiger partial charge on any atom is 0.248 e. The Balaban J connectivity index is 2.51. The van der Waals surface area contributed by atoms with Gasteiger partial charge in [0.1, 0.15) is 16.1 Å². The predicted octanol–water partition coefficient (Wildman–Crippen LogP) is 3.34. The van der Waals surface area contributed by atoms with Gasteiger partial charge in [0.25, 0.3) is 0 Å². The van der Waals surface area contributed by atoms with Gasteiger partial charge in [-0.3, -0.25) is 0 Å². The van der Waals surface area contributed by atoms with Gasteiger partial charge in [-0.25, -0.2) is 8.78 Å². The van der Waals surface area contributed by atoms with E-state index in [-0.39, 0.29) is 18.8 Å². The Morgan fingerprint density at radius 3 is 2.56 bits per heavy atom. The van der Waals surface area contributed by atoms with Crippen LogP contribution in [0.4, 0.5) is 8.78 Å². The summed E-state index contributed by atoms with van der Waals surface area (Å²) in [5.41, 5.74) is 0. The van der Waals surface area contributed by atoms with Crippen molar-refractivity contribution in [3.05, 3.63) is 0 Å². The van der Waals surface area contributed by atoms with E-state index in [9.17, 15) is 13.3 Å². The lowest BCUT2D eigenvalue weighted by Gasteiger charge is -2.26. The lowest BCUT2D eigenvalue weighted by Crippen LogP contribution is -2.29. The minimum atomic E-state index is -2.57. The highest BCUT2D eigenvalue weighted by molar-refractivity contribution is 7.91. The molecule has 1 saturated carbocycles. The normalized spacial score (nSPS) is 28.2. The second kappa shape index (κ2) is 5.00. The first-order valence-corrected chi connectivity index (χ1v) is 6.65. The van der Waals surface area contributed by atoms with Crippen LogP contribution in [-0.2, 0) is 11.4 Å². The zero-order valence-electron chi connectivity index (χ0n) is 10.0. The Morgan fingerprint density at radius 2 is 2.06 bits per heavy atom. The van der Waals surface area contributed by atoms with Crippen LogP contribution >= 0.6 is 0 Å². The Labute approximate surface area is 98.8 Å². The maximum atomic E-state index is 13.1. The summed E-state index contributed by atoms with van der Waals surface area (Å²) in [6, 6.07) is 0. The zero-order chi connectivity index (χ0) is 12.4. The number of hydrogen-bond acceptors (Lipinski definition) is 2. The third-order valence-corrected chi connectivity index (χ3v) is 3.93. The number of nitrogens with zero attached hydrogens (tertiary/aromatic N) is 1. The van der Waals surface area contributed by atoms with E-state index in [4.69, 9.17) is 0 Å². The standard InChI is InChI=1S/C11H19F2NOS/c1-10(2,3)16(15)14-8-9-5-4-6-11(12,13)7-9/h8-9H,4-7H2,1-3H3/t9-,16?/m0/s1. The molecule has 0 heterocycles. The van der Waals surface area contributed by atoms with Gasteiger partial charge in [-0.1, -0.05) is 4.40 Å². The molecule has 16 heavy (non-hydrogen) atoms. The minimum absolute atomic E-state index is 0.0281. The molecule has 0 aromatic heterocycles. The first kappa shape index (κ1) is 13.9. The molecule has 1 aliphatic rings. The van der Waals surface area contributed by atoms with Crippen LogP contribution in [0.25, 0.3) is 0 Å². The molecule has 0 aromatic rings. The Kier molecular flexibility index (Phi) is 4.35. The lowest BCUT2D eigenvalue weighted by atomic mass is 9.87. The fourth-order valence-electron chi connectivity index (χ4n) is 1.64. The van der Waals surface area contributed by atoms with Gasteiger partial charge in [-0.2, -0.15) is 0 Å². The van der Waals surface area contributed by atoms with Crippen LogP contribution < -0.4 is 0 Å². The fraction of sp³-hybridized carbons (Fsp3) is 0.909. The van der Waals surface area contributed by atoms with Gasteiger partial charge in [0.05, 0.1) is 6.21 Å². The lowest BCUT2D eigenvalue weighted by molar-refractivity contribution is -0.0420. The van der Waals surface area contributed by atoms with Crippen LogP contribution in [0.1, 0.15) is 46.5 Å². The van der Waals surface area contributed by atoms with Crippen molar-refractivity contribution in [2.45, 2.75) is 57.1 Å². The Bertz CT molecular complexity index is 263. The van der Waals surface area contributed by atoms with Crippen LogP contribution in [0.5, 0.6) is 0 Å². The largest absolute Gasteiger partial charge is 0.591 e. The molecule has 1 fully saturated rings. The highest BCUT2D eigenvalue weighted by Crippen LogP contribution is 2.36. The van der Waals surface area contributed by atoms with Crippen LogP contribution in [0, 0.1) is 5.92 Å². The highest BCUT2D eigenvalue weighted by Gasteiger charge is 2.36. The summed E-state index contributed by atoms with van der Waals surface area (Å²) >= 11 is -1.34. The average Bonchev–Trinajstić information content (AvgIpc) is 2.11. The molecule has 0 aromatic carbocycles. The highest BCUT2D eigenvalue weighted by atomic mass is 32.2. The van der Waals surface area contributed by atoms with Crippen LogP contribution in [0.3, 0.4) is 0 Å². The van der Waals surface area contributed by atoms with Crippen molar-refractivity contribution in [1.82, 2.24) is 0 Å². The summed E-state index contributed by atoms with van der Waals surface area (Å²) in [5.74, 6) is -2.80. The molecule has 1 unspecified atom stereocenters. The van der Waals surface area contributed by atoms with Gasteiger partial charge in [0, 0.05) is 18.8 Å². The van der Waals surface area contributed by atoms with Crippen molar-refractivity contribution in [2.24, 2.45) is 10.3 Å². The number of rotatable bonds is 2. The van der Waals surface area contributed by atoms with E-state index in [1.54, 1.807) is 0 Å². The first-order chi connectivity index (χ1) is 7.21. The molecule has 0 bridgehead atoms. The van der Waals surface area contributed by atoms with Crippen molar-refractivity contribution in [2.75, 3.05) is 0 Å². The van der Waals surface area contributed by atoms with Crippen molar-refractivity contribution < 1.29 is 13.3 Å². The Hall–Kier alpha value is -0.160. The molecular weight excluding hydrogens is 232 g/mol. The summed E-state index contributed by atoms with van der Waals surface area (Å²) in [7, 11) is 0. The molecule has 1 rings (SSSR count). The molecule has 2 nitrogen and oxygen atoms in total. The van der Waals surface area contributed by atoms with E-state index < -0.39 is 22.0 Å². The fourth-order valence-corrected chi connectivity index (χ4v) is 2.24. The van der Waals surface area contributed by atoms with E-state index in [2.05, 4.69) is 4.40 Å². The molecule has 2 atom stereocenters. The van der Waals surface area contributed by atoms with Gasteiger partial charge >= 0.3 is 0 Å². The van der Waals surface area contributed by atoms with Crippen molar-refractivity contribution >= 4 is 17.6 Å². The van der Waals surface area contributed by atoms with Gasteiger partial charge in [0.2, 0.25) is 5.92 Å². The summed E-state index contributed by atoms with van der Waals surface area (Å²) < 4.78 is 41.2. The number of alkyl halides is 2. The molecular formula is C11H19F2NOS. The third-order valence-electron chi connectivity index (χ3n) is 2.57. The number of halogens is 2. The van der Waals surface area contributed by atoms with Crippen LogP contribution in [-0.4, -0.2) is 21.4 Å². The zero-order valence-corrected chi connectivity index (χ0v) is 10.8. The second-order valence-corrected chi connectivity index (χ2v) is 7.26. The van der Waals surface area contributed by atoms with Gasteiger partial charge in [-0.15, -0.1) is 0 Å². The molecule has 94 valence electrons. The van der Waals surface area contributed by atoms with E-state index in [0.29, 0.717) is 6.42 Å². The van der Waals surface area contributed by atoms with E-state index in [1.165, 1.54) is 6.21 Å². The van der Waals surface area contributed by atoms with Crippen molar-refractivity contribution in [1.29, 1.82) is 0 Å². The molecule has 0 N–H and O–H groups in total. The average molecular weight is 251 g/mol. The maximum absolute atomic E-state index is 13.1. The molecule has 0 saturated heterocycles. The summed E-state index contributed by atoms with van der Waals surface area (Å²) in [4.78, 5) is 0. The predicted molar refractivity (Wildman–Crippen MR) is 63.3 cm³/mol. The van der Waals surface area contributed by atoms with Crippen LogP contribution in [0.15, 0.2) is 4.40 Å². The summed E-state index contributed by atoms with van der Waals surface area (Å²) in [5, 5.41) is 0. The Morgan fingerprint density at radius 1 is 1.44 bits per heavy atom. The summed E-state index contributed by atoms with van der Waals surface area (Å²) in [6.45, 7) is 5.45. The SMILES string of the molecule is CC(C)(C)[S+]([O-])N=C[C@H]1CCCC(F)(F)C1. The number of hydrogen-bond donors (Lipinski definition) is 0. The van der Waals surface area contributed by atoms with Gasteiger partial charge in [0.15, 0.2) is 0 Å². The second-order valence-electron chi connectivity index (χ2n) is 5.33. The van der Waals surface area contributed by atoms with Gasteiger partial charge in [-0.05, 0) is 33.6 Å². The summed E-state index contributed by atoms with van der Waals surface area (Å²) in [6.07, 6.45) is 2.53. The van der Waals surface area contributed by atoms with Crippen molar-refractivity contribution in [3.63, 3.8) is 0 Å². The van der Waals surface area contributed by atoms with E-state index >= 15 is 0 Å². The topological polar surface area (TPSA) is 35.4 Å². The van der Waals surface area contributed by atoms with Gasteiger partial charge < -0.3 is 4.55 Å². The molecule has 5 heteroatoms. The van der Waals surface area contributed by atoms with Crippen LogP contribution in [0.2, 0.25) is 0 Å². The van der Waals surface area contributed by atoms with E-state index in [0.717, 1.165) is 6.42 Å². The first-order valence-electron chi connectivity index (χ1n) is 5.55. The molecule has 0 spiro atoms. The van der Waals surface area contributed by atoms with Crippen molar-refractivity contribution in [3.8, 4) is 0 Å². The smallest absolute Gasteiger partial charge is 0.248 e. The molecule has 1 aliphatic carbocycles. The minimum Gasteiger partial charge on any atom is -0.591 e. The monoisotopic (exact) mass is 251 g/mol. The molecule has 0 aliphatic heterocycles. The molecule has 0 amide bonds. The molecule has 0 radical (unpaired) electrons. The quantitative estimate of drug-likeness (QED) is 0.547.